The van der Waals surface area contributed by atoms with Gasteiger partial charge in [0.25, 0.3) is 5.91 Å². The quantitative estimate of drug-likeness (QED) is 0.276. The lowest BCUT2D eigenvalue weighted by Crippen LogP contribution is -2.60. The summed E-state index contributed by atoms with van der Waals surface area (Å²) in [4.78, 5) is 55.7. The molecule has 3 heterocycles. The SMILES string of the molecule is C=C1C(=O)N(CC)CCN1C(=O)N[C@@H](C(=O)N1CC(Oc2ccc3c(c2C(=O)O)O[B-](O)(O)CC3)C1)c1ccccc1. The Balaban J connectivity index is 1.28. The second-order valence-electron chi connectivity index (χ2n) is 10.5. The van der Waals surface area contributed by atoms with Gasteiger partial charge in [-0.05, 0) is 30.5 Å². The van der Waals surface area contributed by atoms with Crippen molar-refractivity contribution in [2.75, 3.05) is 32.7 Å². The van der Waals surface area contributed by atoms with Gasteiger partial charge in [-0.25, -0.2) is 9.59 Å². The van der Waals surface area contributed by atoms with Gasteiger partial charge < -0.3 is 39.7 Å². The third kappa shape index (κ3) is 5.63. The summed E-state index contributed by atoms with van der Waals surface area (Å²) >= 11 is 0. The number of piperazine rings is 1. The van der Waals surface area contributed by atoms with Gasteiger partial charge in [-0.1, -0.05) is 49.3 Å². The van der Waals surface area contributed by atoms with E-state index in [2.05, 4.69) is 11.9 Å². The summed E-state index contributed by atoms with van der Waals surface area (Å²) in [5.74, 6) is -2.26. The fraction of sp³-hybridized carbons (Fsp3) is 0.357. The van der Waals surface area contributed by atoms with Crippen LogP contribution in [0.2, 0.25) is 6.32 Å². The average Bonchev–Trinajstić information content (AvgIpc) is 2.93. The predicted molar refractivity (Wildman–Crippen MR) is 150 cm³/mol. The standard InChI is InChI=1S/C28H32BN4O9/c1-3-31-13-14-33(17(2)25(31)34)28(38)30-23(18-7-5-4-6-8-18)26(35)32-15-20(16-32)41-21-10-9-19-11-12-29(39,40)42-24(19)22(21)27(36)37/h4-10,20,23,39-40H,2-3,11-16H2,1H3,(H,30,38)(H,36,37)/q-1/t23-/m1/s1. The molecule has 42 heavy (non-hydrogen) atoms. The number of fused-ring (bicyclic) bond motifs is 1. The van der Waals surface area contributed by atoms with Gasteiger partial charge >= 0.3 is 18.8 Å². The second-order valence-corrected chi connectivity index (χ2v) is 10.5. The molecule has 0 bridgehead atoms. The molecule has 0 saturated carbocycles. The Kier molecular flexibility index (Phi) is 7.84. The fourth-order valence-corrected chi connectivity index (χ4v) is 5.30. The molecule has 5 rings (SSSR count). The van der Waals surface area contributed by atoms with Gasteiger partial charge in [-0.2, -0.15) is 0 Å². The van der Waals surface area contributed by atoms with Crippen LogP contribution in [0.4, 0.5) is 4.79 Å². The van der Waals surface area contributed by atoms with Crippen molar-refractivity contribution in [1.29, 1.82) is 0 Å². The van der Waals surface area contributed by atoms with Gasteiger partial charge in [0.1, 0.15) is 29.2 Å². The molecule has 4 N–H and O–H groups in total. The first-order valence-electron chi connectivity index (χ1n) is 13.7. The Labute approximate surface area is 241 Å². The molecule has 0 unspecified atom stereocenters. The molecular weight excluding hydrogens is 547 g/mol. The zero-order valence-electron chi connectivity index (χ0n) is 23.1. The first-order chi connectivity index (χ1) is 20.0. The highest BCUT2D eigenvalue weighted by atomic mass is 16.6. The molecule has 13 nitrogen and oxygen atoms in total. The summed E-state index contributed by atoms with van der Waals surface area (Å²) in [6, 6.07) is 10.1. The van der Waals surface area contributed by atoms with Crippen molar-refractivity contribution in [2.24, 2.45) is 0 Å². The maximum Gasteiger partial charge on any atom is 0.430 e. The van der Waals surface area contributed by atoms with E-state index in [4.69, 9.17) is 9.39 Å². The number of carbonyl (C=O) groups excluding carboxylic acids is 3. The van der Waals surface area contributed by atoms with Crippen molar-refractivity contribution in [1.82, 2.24) is 20.0 Å². The number of likely N-dealkylation sites (tertiary alicyclic amines) is 1. The highest BCUT2D eigenvalue weighted by molar-refractivity contribution is 6.59. The van der Waals surface area contributed by atoms with Gasteiger partial charge in [0.15, 0.2) is 0 Å². The smallest absolute Gasteiger partial charge is 0.430 e. The highest BCUT2D eigenvalue weighted by Gasteiger charge is 2.40. The number of hydrogen-bond acceptors (Lipinski definition) is 8. The van der Waals surface area contributed by atoms with Crippen LogP contribution in [0.25, 0.3) is 0 Å². The number of nitrogens with one attached hydrogen (secondary N) is 1. The first-order valence-corrected chi connectivity index (χ1v) is 13.7. The molecule has 14 heteroatoms. The minimum atomic E-state index is -3.18. The van der Waals surface area contributed by atoms with Crippen LogP contribution in [0.5, 0.6) is 11.5 Å². The Morgan fingerprint density at radius 2 is 1.86 bits per heavy atom. The number of rotatable bonds is 7. The molecule has 222 valence electrons. The molecule has 0 spiro atoms. The van der Waals surface area contributed by atoms with Crippen LogP contribution in [0.1, 0.15) is 34.5 Å². The molecule has 2 fully saturated rings. The van der Waals surface area contributed by atoms with Crippen molar-refractivity contribution in [3.05, 3.63) is 71.4 Å². The number of likely N-dealkylation sites (N-methyl/N-ethyl adjacent to an activating group) is 1. The topological polar surface area (TPSA) is 169 Å². The zero-order valence-corrected chi connectivity index (χ0v) is 23.1. The molecular formula is C28H32BN4O9-. The molecule has 1 atom stereocenters. The zero-order chi connectivity index (χ0) is 30.2. The lowest BCUT2D eigenvalue weighted by atomic mass is 9.70. The van der Waals surface area contributed by atoms with Crippen molar-refractivity contribution < 1.29 is 43.7 Å². The summed E-state index contributed by atoms with van der Waals surface area (Å²) in [7, 11) is 0. The van der Waals surface area contributed by atoms with Crippen LogP contribution in [0.15, 0.2) is 54.7 Å². The van der Waals surface area contributed by atoms with E-state index in [0.717, 1.165) is 0 Å². The van der Waals surface area contributed by atoms with Crippen LogP contribution in [0.3, 0.4) is 0 Å². The second kappa shape index (κ2) is 11.4. The van der Waals surface area contributed by atoms with Crippen LogP contribution in [0, 0.1) is 0 Å². The summed E-state index contributed by atoms with van der Waals surface area (Å²) in [5, 5.41) is 32.5. The number of aromatic carboxylic acids is 1. The van der Waals surface area contributed by atoms with Crippen LogP contribution < -0.4 is 14.7 Å². The number of ether oxygens (including phenoxy) is 1. The Morgan fingerprint density at radius 3 is 2.52 bits per heavy atom. The number of aryl methyl sites for hydroxylation is 1. The molecule has 2 saturated heterocycles. The van der Waals surface area contributed by atoms with Crippen molar-refractivity contribution in [3.8, 4) is 11.5 Å². The first kappa shape index (κ1) is 29.0. The van der Waals surface area contributed by atoms with Gasteiger partial charge in [-0.15, -0.1) is 0 Å². The Hall–Kier alpha value is -4.56. The molecule has 0 aliphatic carbocycles. The van der Waals surface area contributed by atoms with Crippen LogP contribution in [-0.4, -0.2) is 99.3 Å². The number of carboxylic acid groups (broad SMARTS) is 1. The fourth-order valence-electron chi connectivity index (χ4n) is 5.30. The third-order valence-electron chi connectivity index (χ3n) is 7.69. The van der Waals surface area contributed by atoms with E-state index in [-0.39, 0.29) is 61.0 Å². The lowest BCUT2D eigenvalue weighted by Gasteiger charge is -2.42. The molecule has 0 radical (unpaired) electrons. The summed E-state index contributed by atoms with van der Waals surface area (Å²) in [6.07, 6.45) is -0.375. The third-order valence-corrected chi connectivity index (χ3v) is 7.69. The number of carbonyl (C=O) groups is 4. The number of amides is 4. The van der Waals surface area contributed by atoms with E-state index < -0.39 is 36.8 Å². The Bertz CT molecular complexity index is 1430. The molecule has 2 aromatic rings. The largest absolute Gasteiger partial charge is 0.669 e. The minimum absolute atomic E-state index is 0.0193. The maximum absolute atomic E-state index is 13.6. The minimum Gasteiger partial charge on any atom is -0.669 e. The maximum atomic E-state index is 13.6. The van der Waals surface area contributed by atoms with E-state index in [9.17, 15) is 34.3 Å². The molecule has 0 aromatic heterocycles. The lowest BCUT2D eigenvalue weighted by molar-refractivity contribution is -0.142. The summed E-state index contributed by atoms with van der Waals surface area (Å²) < 4.78 is 11.1. The Morgan fingerprint density at radius 1 is 1.14 bits per heavy atom. The van der Waals surface area contributed by atoms with E-state index in [1.807, 2.05) is 6.92 Å². The molecule has 2 aromatic carbocycles. The average molecular weight is 579 g/mol. The van der Waals surface area contributed by atoms with Crippen molar-refractivity contribution >= 4 is 30.6 Å². The van der Waals surface area contributed by atoms with Gasteiger partial charge in [-0.3, -0.25) is 14.5 Å². The van der Waals surface area contributed by atoms with E-state index in [1.165, 1.54) is 15.9 Å². The monoisotopic (exact) mass is 579 g/mol. The molecule has 3 aliphatic heterocycles. The normalized spacial score (nSPS) is 18.9. The van der Waals surface area contributed by atoms with Crippen molar-refractivity contribution in [3.63, 3.8) is 0 Å². The van der Waals surface area contributed by atoms with E-state index in [1.54, 1.807) is 41.3 Å². The van der Waals surface area contributed by atoms with E-state index in [0.29, 0.717) is 24.2 Å². The van der Waals surface area contributed by atoms with Gasteiger partial charge in [0.05, 0.1) is 18.8 Å². The molecule has 3 aliphatic rings. The van der Waals surface area contributed by atoms with Gasteiger partial charge in [0, 0.05) is 19.6 Å². The van der Waals surface area contributed by atoms with Crippen LogP contribution in [-0.2, 0) is 16.0 Å². The summed E-state index contributed by atoms with van der Waals surface area (Å²) in [5.41, 5.74) is 0.774. The number of carboxylic acids is 1. The highest BCUT2D eigenvalue weighted by Crippen LogP contribution is 2.39. The van der Waals surface area contributed by atoms with Crippen LogP contribution >= 0.6 is 0 Å². The number of hydrogen-bond donors (Lipinski definition) is 4. The number of nitrogens with zero attached hydrogens (tertiary/aromatic N) is 3. The summed E-state index contributed by atoms with van der Waals surface area (Å²) in [6.45, 7) is 3.74. The predicted octanol–water partition coefficient (Wildman–Crippen LogP) is 0.962. The van der Waals surface area contributed by atoms with E-state index >= 15 is 0 Å². The number of urea groups is 1. The number of benzene rings is 2. The molecule has 4 amide bonds. The van der Waals surface area contributed by atoms with Crippen molar-refractivity contribution in [2.45, 2.75) is 31.8 Å². The van der Waals surface area contributed by atoms with Gasteiger partial charge in [0.2, 0.25) is 5.91 Å².